The molecule has 0 heterocycles. The highest BCUT2D eigenvalue weighted by Crippen LogP contribution is 2.15. The van der Waals surface area contributed by atoms with Crippen LogP contribution in [0.15, 0.2) is 24.3 Å². The third-order valence-corrected chi connectivity index (χ3v) is 3.82. The molecule has 0 radical (unpaired) electrons. The summed E-state index contributed by atoms with van der Waals surface area (Å²) in [5, 5.41) is 1.14. The van der Waals surface area contributed by atoms with Gasteiger partial charge in [0.05, 0.1) is 13.2 Å². The Morgan fingerprint density at radius 3 is 2.35 bits per heavy atom. The van der Waals surface area contributed by atoms with Crippen molar-refractivity contribution in [2.24, 2.45) is 0 Å². The van der Waals surface area contributed by atoms with Gasteiger partial charge in [-0.05, 0) is 30.5 Å². The summed E-state index contributed by atoms with van der Waals surface area (Å²) in [4.78, 5) is 0. The summed E-state index contributed by atoms with van der Waals surface area (Å²) in [6.45, 7) is 1.46. The maximum atomic E-state index is 5.78. The van der Waals surface area contributed by atoms with Gasteiger partial charge in [-0.2, -0.15) is 0 Å². The number of methoxy groups -OCH3 is 1. The van der Waals surface area contributed by atoms with Gasteiger partial charge in [-0.25, -0.2) is 0 Å². The molecule has 0 saturated heterocycles. The van der Waals surface area contributed by atoms with Gasteiger partial charge in [0.1, 0.15) is 5.75 Å². The molecule has 0 amide bonds. The van der Waals surface area contributed by atoms with Gasteiger partial charge in [0, 0.05) is 12.4 Å². The van der Waals surface area contributed by atoms with E-state index in [1.54, 1.807) is 7.11 Å². The molecule has 0 fully saturated rings. The van der Waals surface area contributed by atoms with Crippen LogP contribution in [0, 0.1) is 0 Å². The molecule has 0 unspecified atom stereocenters. The Hall–Kier alpha value is -0.540. The second-order valence-electron chi connectivity index (χ2n) is 5.09. The van der Waals surface area contributed by atoms with Crippen molar-refractivity contribution < 1.29 is 9.47 Å². The highest BCUT2D eigenvalue weighted by molar-refractivity contribution is 9.09. The first kappa shape index (κ1) is 17.5. The number of hydrogen-bond donors (Lipinski definition) is 0. The van der Waals surface area contributed by atoms with E-state index >= 15 is 0 Å². The molecule has 2 nitrogen and oxygen atoms in total. The van der Waals surface area contributed by atoms with E-state index in [0.29, 0.717) is 6.61 Å². The fraction of sp³-hybridized carbons (Fsp3) is 0.647. The van der Waals surface area contributed by atoms with E-state index in [2.05, 4.69) is 28.1 Å². The van der Waals surface area contributed by atoms with Crippen LogP contribution in [0.1, 0.15) is 50.5 Å². The Bertz CT molecular complexity index is 342. The van der Waals surface area contributed by atoms with Crippen LogP contribution in [-0.4, -0.2) is 19.0 Å². The van der Waals surface area contributed by atoms with E-state index in [-0.39, 0.29) is 0 Å². The second-order valence-corrected chi connectivity index (χ2v) is 5.89. The minimum absolute atomic E-state index is 0.644. The third-order valence-electron chi connectivity index (χ3n) is 3.26. The minimum atomic E-state index is 0.644. The molecule has 114 valence electrons. The molecule has 0 bridgehead atoms. The largest absolute Gasteiger partial charge is 0.494 e. The van der Waals surface area contributed by atoms with Crippen molar-refractivity contribution in [3.05, 3.63) is 29.8 Å². The molecule has 1 rings (SSSR count). The molecular weight excluding hydrogens is 316 g/mol. The summed E-state index contributed by atoms with van der Waals surface area (Å²) in [6, 6.07) is 8.15. The molecular formula is C17H27BrO2. The zero-order valence-electron chi connectivity index (χ0n) is 12.6. The maximum Gasteiger partial charge on any atom is 0.119 e. The van der Waals surface area contributed by atoms with Crippen molar-refractivity contribution in [1.29, 1.82) is 0 Å². The Kier molecular flexibility index (Phi) is 10.7. The SMILES string of the molecule is COCc1cccc(OCCCCCCCCCBr)c1. The fourth-order valence-corrected chi connectivity index (χ4v) is 2.56. The molecule has 1 aromatic carbocycles. The molecule has 0 aliphatic heterocycles. The van der Waals surface area contributed by atoms with E-state index in [1.165, 1.54) is 38.5 Å². The molecule has 20 heavy (non-hydrogen) atoms. The molecule has 0 aliphatic rings. The normalized spacial score (nSPS) is 10.7. The summed E-state index contributed by atoms with van der Waals surface area (Å²) in [5.41, 5.74) is 1.16. The summed E-state index contributed by atoms with van der Waals surface area (Å²) in [7, 11) is 1.71. The van der Waals surface area contributed by atoms with Crippen LogP contribution in [0.5, 0.6) is 5.75 Å². The van der Waals surface area contributed by atoms with Crippen molar-refractivity contribution in [1.82, 2.24) is 0 Å². The average molecular weight is 343 g/mol. The first-order valence-corrected chi connectivity index (χ1v) is 8.75. The number of alkyl halides is 1. The van der Waals surface area contributed by atoms with Gasteiger partial charge in [0.15, 0.2) is 0 Å². The molecule has 0 aliphatic carbocycles. The van der Waals surface area contributed by atoms with E-state index in [4.69, 9.17) is 9.47 Å². The van der Waals surface area contributed by atoms with Crippen LogP contribution in [-0.2, 0) is 11.3 Å². The lowest BCUT2D eigenvalue weighted by Gasteiger charge is -2.08. The molecule has 3 heteroatoms. The van der Waals surface area contributed by atoms with Gasteiger partial charge in [0.2, 0.25) is 0 Å². The number of benzene rings is 1. The zero-order valence-corrected chi connectivity index (χ0v) is 14.2. The summed E-state index contributed by atoms with van der Waals surface area (Å²) < 4.78 is 10.9. The minimum Gasteiger partial charge on any atom is -0.494 e. The average Bonchev–Trinajstić information content (AvgIpc) is 2.46. The molecule has 0 saturated carbocycles. The summed E-state index contributed by atoms with van der Waals surface area (Å²) >= 11 is 3.47. The predicted molar refractivity (Wildman–Crippen MR) is 88.8 cm³/mol. The van der Waals surface area contributed by atoms with Crippen molar-refractivity contribution in [2.45, 2.75) is 51.6 Å². The van der Waals surface area contributed by atoms with E-state index < -0.39 is 0 Å². The number of ether oxygens (including phenoxy) is 2. The number of rotatable bonds is 12. The van der Waals surface area contributed by atoms with Gasteiger partial charge in [-0.1, -0.05) is 60.2 Å². The Morgan fingerprint density at radius 1 is 0.950 bits per heavy atom. The molecule has 0 atom stereocenters. The fourth-order valence-electron chi connectivity index (χ4n) is 2.16. The van der Waals surface area contributed by atoms with E-state index in [0.717, 1.165) is 29.7 Å². The lowest BCUT2D eigenvalue weighted by molar-refractivity contribution is 0.184. The monoisotopic (exact) mass is 342 g/mol. The third kappa shape index (κ3) is 8.60. The van der Waals surface area contributed by atoms with Gasteiger partial charge >= 0.3 is 0 Å². The van der Waals surface area contributed by atoms with Crippen molar-refractivity contribution >= 4 is 15.9 Å². The van der Waals surface area contributed by atoms with Crippen LogP contribution in [0.3, 0.4) is 0 Å². The lowest BCUT2D eigenvalue weighted by Crippen LogP contribution is -1.98. The van der Waals surface area contributed by atoms with Gasteiger partial charge in [-0.15, -0.1) is 0 Å². The molecule has 1 aromatic rings. The summed E-state index contributed by atoms with van der Waals surface area (Å²) in [5.74, 6) is 0.955. The first-order valence-electron chi connectivity index (χ1n) is 7.63. The highest BCUT2D eigenvalue weighted by atomic mass is 79.9. The number of halogens is 1. The standard InChI is InChI=1S/C17H27BrO2/c1-19-15-16-10-9-11-17(14-16)20-13-8-6-4-2-3-5-7-12-18/h9-11,14H,2-8,12-13,15H2,1H3. The summed E-state index contributed by atoms with van der Waals surface area (Å²) in [6.07, 6.45) is 9.13. The first-order chi connectivity index (χ1) is 9.86. The quantitative estimate of drug-likeness (QED) is 0.377. The molecule has 0 aromatic heterocycles. The van der Waals surface area contributed by atoms with Crippen molar-refractivity contribution in [2.75, 3.05) is 19.0 Å². The van der Waals surface area contributed by atoms with Gasteiger partial charge < -0.3 is 9.47 Å². The lowest BCUT2D eigenvalue weighted by atomic mass is 10.1. The molecule has 0 spiro atoms. The Morgan fingerprint density at radius 2 is 1.65 bits per heavy atom. The van der Waals surface area contributed by atoms with E-state index in [9.17, 15) is 0 Å². The van der Waals surface area contributed by atoms with Gasteiger partial charge in [-0.3, -0.25) is 0 Å². The van der Waals surface area contributed by atoms with Crippen LogP contribution in [0.25, 0.3) is 0 Å². The zero-order chi connectivity index (χ0) is 14.5. The number of hydrogen-bond acceptors (Lipinski definition) is 2. The van der Waals surface area contributed by atoms with Gasteiger partial charge in [0.25, 0.3) is 0 Å². The van der Waals surface area contributed by atoms with E-state index in [1.807, 2.05) is 12.1 Å². The van der Waals surface area contributed by atoms with Crippen molar-refractivity contribution in [3.8, 4) is 5.75 Å². The smallest absolute Gasteiger partial charge is 0.119 e. The van der Waals surface area contributed by atoms with Crippen LogP contribution >= 0.6 is 15.9 Å². The van der Waals surface area contributed by atoms with Crippen LogP contribution < -0.4 is 4.74 Å². The number of unbranched alkanes of at least 4 members (excludes halogenated alkanes) is 6. The van der Waals surface area contributed by atoms with Crippen LogP contribution in [0.4, 0.5) is 0 Å². The predicted octanol–water partition coefficient (Wildman–Crippen LogP) is 5.34. The maximum absolute atomic E-state index is 5.78. The topological polar surface area (TPSA) is 18.5 Å². The second kappa shape index (κ2) is 12.2. The molecule has 0 N–H and O–H groups in total. The Balaban J connectivity index is 2.02. The van der Waals surface area contributed by atoms with Crippen molar-refractivity contribution in [3.63, 3.8) is 0 Å². The highest BCUT2D eigenvalue weighted by Gasteiger charge is 1.97. The Labute approximate surface area is 132 Å². The van der Waals surface area contributed by atoms with Crippen LogP contribution in [0.2, 0.25) is 0 Å².